The second-order valence-corrected chi connectivity index (χ2v) is 4.79. The summed E-state index contributed by atoms with van der Waals surface area (Å²) >= 11 is 0. The topological polar surface area (TPSA) is 70.0 Å². The molecule has 1 fully saturated rings. The molecule has 1 unspecified atom stereocenters. The van der Waals surface area contributed by atoms with Gasteiger partial charge < -0.3 is 14.9 Å². The van der Waals surface area contributed by atoms with Gasteiger partial charge >= 0.3 is 5.97 Å². The van der Waals surface area contributed by atoms with E-state index in [1.807, 2.05) is 19.1 Å². The van der Waals surface area contributed by atoms with Crippen LogP contribution >= 0.6 is 0 Å². The summed E-state index contributed by atoms with van der Waals surface area (Å²) in [4.78, 5) is 13.0. The van der Waals surface area contributed by atoms with E-state index in [9.17, 15) is 9.90 Å². The first-order valence-electron chi connectivity index (χ1n) is 6.50. The van der Waals surface area contributed by atoms with Crippen molar-refractivity contribution in [3.8, 4) is 11.5 Å². The molecule has 5 heteroatoms. The zero-order valence-corrected chi connectivity index (χ0v) is 11.0. The Morgan fingerprint density at radius 1 is 1.53 bits per heavy atom. The Hall–Kier alpha value is -1.75. The molecule has 19 heavy (non-hydrogen) atoms. The second kappa shape index (κ2) is 5.93. The molecule has 2 rings (SSSR count). The van der Waals surface area contributed by atoms with E-state index in [0.29, 0.717) is 31.9 Å². The number of nitrogens with zero attached hydrogens (tertiary/aromatic N) is 1. The normalized spacial score (nSPS) is 19.5. The van der Waals surface area contributed by atoms with Gasteiger partial charge in [-0.15, -0.1) is 0 Å². The standard InChI is InChI=1S/C14H19NO4/c1-2-19-13-7-10(3-4-12(13)16)8-15-6-5-11(9-15)14(17)18/h3-4,7,11,16H,2,5-6,8-9H2,1H3,(H,17,18). The fourth-order valence-corrected chi connectivity index (χ4v) is 2.36. The molecule has 0 amide bonds. The minimum atomic E-state index is -0.719. The Morgan fingerprint density at radius 2 is 2.32 bits per heavy atom. The highest BCUT2D eigenvalue weighted by Gasteiger charge is 2.27. The van der Waals surface area contributed by atoms with E-state index in [2.05, 4.69) is 4.90 Å². The highest BCUT2D eigenvalue weighted by molar-refractivity contribution is 5.70. The summed E-state index contributed by atoms with van der Waals surface area (Å²) in [5, 5.41) is 18.6. The lowest BCUT2D eigenvalue weighted by Gasteiger charge is -2.16. The molecular weight excluding hydrogens is 246 g/mol. The molecule has 1 aromatic carbocycles. The maximum absolute atomic E-state index is 10.9. The molecular formula is C14H19NO4. The number of carboxylic acids is 1. The quantitative estimate of drug-likeness (QED) is 0.848. The summed E-state index contributed by atoms with van der Waals surface area (Å²) in [6.07, 6.45) is 0.700. The van der Waals surface area contributed by atoms with Crippen LogP contribution in [-0.2, 0) is 11.3 Å². The van der Waals surface area contributed by atoms with Crippen LogP contribution in [0.15, 0.2) is 18.2 Å². The van der Waals surface area contributed by atoms with Crippen LogP contribution in [0.25, 0.3) is 0 Å². The van der Waals surface area contributed by atoms with E-state index in [1.165, 1.54) is 0 Å². The predicted molar refractivity (Wildman–Crippen MR) is 70.3 cm³/mol. The zero-order chi connectivity index (χ0) is 13.8. The van der Waals surface area contributed by atoms with Crippen molar-refractivity contribution in [1.82, 2.24) is 4.90 Å². The maximum Gasteiger partial charge on any atom is 0.307 e. The van der Waals surface area contributed by atoms with Crippen molar-refractivity contribution in [1.29, 1.82) is 0 Å². The number of rotatable bonds is 5. The Kier molecular flexibility index (Phi) is 4.27. The molecule has 2 N–H and O–H groups in total. The third kappa shape index (κ3) is 3.38. The number of likely N-dealkylation sites (tertiary alicyclic amines) is 1. The molecule has 1 aromatic rings. The summed E-state index contributed by atoms with van der Waals surface area (Å²) in [5.74, 6) is -0.365. The first-order valence-corrected chi connectivity index (χ1v) is 6.50. The number of hydrogen-bond donors (Lipinski definition) is 2. The van der Waals surface area contributed by atoms with Crippen molar-refractivity contribution in [2.45, 2.75) is 19.9 Å². The van der Waals surface area contributed by atoms with Crippen LogP contribution in [-0.4, -0.2) is 40.8 Å². The largest absolute Gasteiger partial charge is 0.504 e. The van der Waals surface area contributed by atoms with E-state index < -0.39 is 5.97 Å². The number of aromatic hydroxyl groups is 1. The van der Waals surface area contributed by atoms with Gasteiger partial charge in [0, 0.05) is 13.1 Å². The van der Waals surface area contributed by atoms with Crippen molar-refractivity contribution < 1.29 is 19.7 Å². The van der Waals surface area contributed by atoms with Crippen LogP contribution in [0.2, 0.25) is 0 Å². The van der Waals surface area contributed by atoms with Crippen molar-refractivity contribution in [2.75, 3.05) is 19.7 Å². The summed E-state index contributed by atoms with van der Waals surface area (Å²) < 4.78 is 5.34. The maximum atomic E-state index is 10.9. The highest BCUT2D eigenvalue weighted by atomic mass is 16.5. The highest BCUT2D eigenvalue weighted by Crippen LogP contribution is 2.28. The number of carbonyl (C=O) groups is 1. The van der Waals surface area contributed by atoms with E-state index in [1.54, 1.807) is 6.07 Å². The molecule has 0 aliphatic carbocycles. The van der Waals surface area contributed by atoms with Gasteiger partial charge in [0.2, 0.25) is 0 Å². The van der Waals surface area contributed by atoms with Gasteiger partial charge in [0.1, 0.15) is 0 Å². The van der Waals surface area contributed by atoms with Crippen LogP contribution in [0.1, 0.15) is 18.9 Å². The van der Waals surface area contributed by atoms with Crippen molar-refractivity contribution in [3.63, 3.8) is 0 Å². The Morgan fingerprint density at radius 3 is 2.95 bits per heavy atom. The van der Waals surface area contributed by atoms with Gasteiger partial charge in [-0.3, -0.25) is 9.69 Å². The van der Waals surface area contributed by atoms with Crippen LogP contribution < -0.4 is 4.74 Å². The van der Waals surface area contributed by atoms with Crippen LogP contribution in [0, 0.1) is 5.92 Å². The van der Waals surface area contributed by atoms with Crippen LogP contribution in [0.3, 0.4) is 0 Å². The number of hydrogen-bond acceptors (Lipinski definition) is 4. The van der Waals surface area contributed by atoms with Gasteiger partial charge in [-0.25, -0.2) is 0 Å². The van der Waals surface area contributed by atoms with Gasteiger partial charge in [-0.05, 0) is 37.6 Å². The third-order valence-corrected chi connectivity index (χ3v) is 3.35. The predicted octanol–water partition coefficient (Wildman–Crippen LogP) is 1.70. The smallest absolute Gasteiger partial charge is 0.307 e. The molecule has 5 nitrogen and oxygen atoms in total. The number of aliphatic carboxylic acids is 1. The summed E-state index contributed by atoms with van der Waals surface area (Å²) in [7, 11) is 0. The van der Waals surface area contributed by atoms with Crippen molar-refractivity contribution in [3.05, 3.63) is 23.8 Å². The third-order valence-electron chi connectivity index (χ3n) is 3.35. The Balaban J connectivity index is 2.00. The molecule has 1 aliphatic rings. The lowest BCUT2D eigenvalue weighted by molar-refractivity contribution is -0.141. The fraction of sp³-hybridized carbons (Fsp3) is 0.500. The Labute approximate surface area is 112 Å². The second-order valence-electron chi connectivity index (χ2n) is 4.79. The number of phenolic OH excluding ortho intramolecular Hbond substituents is 1. The zero-order valence-electron chi connectivity index (χ0n) is 11.0. The first kappa shape index (κ1) is 13.7. The molecule has 1 atom stereocenters. The van der Waals surface area contributed by atoms with E-state index >= 15 is 0 Å². The van der Waals surface area contributed by atoms with Crippen molar-refractivity contribution >= 4 is 5.97 Å². The van der Waals surface area contributed by atoms with Gasteiger partial charge in [-0.1, -0.05) is 6.07 Å². The fourth-order valence-electron chi connectivity index (χ4n) is 2.36. The molecule has 0 bridgehead atoms. The van der Waals surface area contributed by atoms with Gasteiger partial charge in [0.15, 0.2) is 11.5 Å². The van der Waals surface area contributed by atoms with E-state index in [4.69, 9.17) is 9.84 Å². The molecule has 0 spiro atoms. The molecule has 1 aliphatic heterocycles. The molecule has 0 saturated carbocycles. The average Bonchev–Trinajstić information content (AvgIpc) is 2.82. The monoisotopic (exact) mass is 265 g/mol. The summed E-state index contributed by atoms with van der Waals surface area (Å²) in [6.45, 7) is 4.43. The molecule has 0 radical (unpaired) electrons. The van der Waals surface area contributed by atoms with Crippen LogP contribution in [0.5, 0.6) is 11.5 Å². The SMILES string of the molecule is CCOc1cc(CN2CCC(C(=O)O)C2)ccc1O. The molecule has 1 heterocycles. The lowest BCUT2D eigenvalue weighted by atomic mass is 10.1. The van der Waals surface area contributed by atoms with Gasteiger partial charge in [-0.2, -0.15) is 0 Å². The number of ether oxygens (including phenoxy) is 1. The number of phenols is 1. The summed E-state index contributed by atoms with van der Waals surface area (Å²) in [5.41, 5.74) is 1.02. The number of benzene rings is 1. The lowest BCUT2D eigenvalue weighted by Crippen LogP contribution is -2.22. The number of carboxylic acid groups (broad SMARTS) is 1. The molecule has 1 saturated heterocycles. The van der Waals surface area contributed by atoms with E-state index in [-0.39, 0.29) is 11.7 Å². The molecule has 0 aromatic heterocycles. The first-order chi connectivity index (χ1) is 9.10. The van der Waals surface area contributed by atoms with Gasteiger partial charge in [0.25, 0.3) is 0 Å². The van der Waals surface area contributed by atoms with Crippen LogP contribution in [0.4, 0.5) is 0 Å². The average molecular weight is 265 g/mol. The summed E-state index contributed by atoms with van der Waals surface area (Å²) in [6, 6.07) is 5.27. The molecule has 104 valence electrons. The van der Waals surface area contributed by atoms with Gasteiger partial charge in [0.05, 0.1) is 12.5 Å². The minimum Gasteiger partial charge on any atom is -0.504 e. The van der Waals surface area contributed by atoms with Crippen molar-refractivity contribution in [2.24, 2.45) is 5.92 Å². The minimum absolute atomic E-state index is 0.135. The van der Waals surface area contributed by atoms with E-state index in [0.717, 1.165) is 12.1 Å². The Bertz CT molecular complexity index is 461.